The summed E-state index contributed by atoms with van der Waals surface area (Å²) in [5, 5.41) is 13.9. The van der Waals surface area contributed by atoms with Gasteiger partial charge in [0.15, 0.2) is 0 Å². The van der Waals surface area contributed by atoms with Crippen molar-refractivity contribution in [3.05, 3.63) is 58.7 Å². The summed E-state index contributed by atoms with van der Waals surface area (Å²) in [7, 11) is 1.52. The Bertz CT molecular complexity index is 1210. The monoisotopic (exact) mass is 504 g/mol. The predicted octanol–water partition coefficient (Wildman–Crippen LogP) is 4.54. The van der Waals surface area contributed by atoms with Crippen molar-refractivity contribution in [2.45, 2.75) is 50.7 Å². The van der Waals surface area contributed by atoms with Gasteiger partial charge in [0.1, 0.15) is 18.6 Å². The van der Waals surface area contributed by atoms with Gasteiger partial charge in [0.05, 0.1) is 28.1 Å². The highest BCUT2D eigenvalue weighted by Crippen LogP contribution is 2.41. The summed E-state index contributed by atoms with van der Waals surface area (Å²) in [6.07, 6.45) is -8.61. The van der Waals surface area contributed by atoms with Gasteiger partial charge >= 0.3 is 18.3 Å². The van der Waals surface area contributed by atoms with Gasteiger partial charge in [-0.2, -0.15) is 26.3 Å². The van der Waals surface area contributed by atoms with Crippen LogP contribution in [0.2, 0.25) is 0 Å². The van der Waals surface area contributed by atoms with Crippen LogP contribution in [-0.4, -0.2) is 26.4 Å². The molecule has 0 unspecified atom stereocenters. The minimum atomic E-state index is -4.78. The number of nitrogens with one attached hydrogen (secondary N) is 2. The Kier molecular flexibility index (Phi) is 6.32. The van der Waals surface area contributed by atoms with Gasteiger partial charge in [-0.05, 0) is 54.0 Å². The highest BCUT2D eigenvalue weighted by atomic mass is 19.4. The number of benzene rings is 1. The van der Waals surface area contributed by atoms with Crippen molar-refractivity contribution >= 4 is 11.6 Å². The van der Waals surface area contributed by atoms with E-state index in [-0.39, 0.29) is 36.2 Å². The van der Waals surface area contributed by atoms with Crippen LogP contribution in [0.25, 0.3) is 0 Å². The summed E-state index contributed by atoms with van der Waals surface area (Å²) in [4.78, 5) is 6.51. The fraction of sp³-hybridized carbons (Fsp3) is 0.429. The molecule has 0 fully saturated rings. The van der Waals surface area contributed by atoms with E-state index in [9.17, 15) is 30.7 Å². The molecule has 0 saturated carbocycles. The molecule has 2 atom stereocenters. The molecule has 1 aliphatic rings. The van der Waals surface area contributed by atoms with Crippen molar-refractivity contribution in [2.75, 3.05) is 10.2 Å². The second kappa shape index (κ2) is 8.96. The van der Waals surface area contributed by atoms with Gasteiger partial charge in [-0.15, -0.1) is 0 Å². The molecule has 14 heteroatoms. The normalized spacial score (nSPS) is 18.2. The molecule has 3 heterocycles. The maximum absolute atomic E-state index is 14.1. The zero-order valence-corrected chi connectivity index (χ0v) is 18.5. The third-order valence-corrected chi connectivity index (χ3v) is 5.70. The average molecular weight is 504 g/mol. The highest BCUT2D eigenvalue weighted by Gasteiger charge is 2.40. The van der Waals surface area contributed by atoms with Crippen molar-refractivity contribution in [1.82, 2.24) is 20.4 Å². The molecule has 188 valence electrons. The Morgan fingerprint density at radius 1 is 1.09 bits per heavy atom. The van der Waals surface area contributed by atoms with Gasteiger partial charge in [-0.3, -0.25) is 0 Å². The minimum Gasteiger partial charge on any atom is -0.381 e. The molecule has 0 spiro atoms. The number of hydrogen-bond donors (Lipinski definition) is 2. The van der Waals surface area contributed by atoms with E-state index in [1.165, 1.54) is 22.8 Å². The first-order chi connectivity index (χ1) is 16.3. The van der Waals surface area contributed by atoms with Crippen LogP contribution in [0.4, 0.5) is 42.4 Å². The van der Waals surface area contributed by atoms with Crippen LogP contribution in [0.1, 0.15) is 48.3 Å². The zero-order chi connectivity index (χ0) is 25.5. The molecule has 1 aromatic carbocycles. The van der Waals surface area contributed by atoms with Crippen LogP contribution in [0, 0.1) is 5.82 Å². The molecule has 0 saturated heterocycles. The molecule has 1 aliphatic heterocycles. The summed E-state index contributed by atoms with van der Waals surface area (Å²) in [5.41, 5.74) is -1.93. The van der Waals surface area contributed by atoms with Crippen LogP contribution in [-0.2, 0) is 25.9 Å². The van der Waals surface area contributed by atoms with Crippen molar-refractivity contribution < 1.29 is 35.5 Å². The Morgan fingerprint density at radius 3 is 2.43 bits per heavy atom. The zero-order valence-electron chi connectivity index (χ0n) is 18.5. The lowest BCUT2D eigenvalue weighted by Crippen LogP contribution is -2.40. The molecule has 2 aromatic heterocycles. The number of rotatable bonds is 5. The van der Waals surface area contributed by atoms with Gasteiger partial charge in [0, 0.05) is 17.7 Å². The van der Waals surface area contributed by atoms with Gasteiger partial charge in [-0.1, -0.05) is 11.7 Å². The van der Waals surface area contributed by atoms with Crippen LogP contribution in [0.15, 0.2) is 30.3 Å². The quantitative estimate of drug-likeness (QED) is 0.394. The summed E-state index contributed by atoms with van der Waals surface area (Å²) >= 11 is 0. The number of H-pyrrole nitrogens is 1. The second-order valence-corrected chi connectivity index (χ2v) is 8.24. The van der Waals surface area contributed by atoms with Crippen molar-refractivity contribution in [3.63, 3.8) is 0 Å². The number of aryl methyl sites for hydroxylation is 1. The molecule has 3 aromatic rings. The molecule has 2 N–H and O–H groups in total. The van der Waals surface area contributed by atoms with Gasteiger partial charge < -0.3 is 10.2 Å². The average Bonchev–Trinajstić information content (AvgIpc) is 3.20. The largest absolute Gasteiger partial charge is 0.433 e. The minimum absolute atomic E-state index is 0.0113. The maximum atomic E-state index is 14.1. The standard InChI is InChI=1S/C21H20F7N7/c1-3-14-9-16(18-15(29-14)4-5-17(30-18)21(26,27)28)35(19-31-33-34(2)32-19)10-11-6-12(20(23,24)25)8-13(22)7-11/h4-8,14,16,29H,3,9-10H2,1-2H3/p+1/t14-,16+/m1/s1. The molecule has 0 radical (unpaired) electrons. The second-order valence-electron chi connectivity index (χ2n) is 8.24. The van der Waals surface area contributed by atoms with E-state index in [0.717, 1.165) is 18.2 Å². The number of anilines is 2. The van der Waals surface area contributed by atoms with Crippen LogP contribution < -0.4 is 15.0 Å². The molecule has 0 bridgehead atoms. The molecule has 0 amide bonds. The van der Waals surface area contributed by atoms with E-state index >= 15 is 0 Å². The smallest absolute Gasteiger partial charge is 0.381 e. The van der Waals surface area contributed by atoms with Crippen LogP contribution >= 0.6 is 0 Å². The first-order valence-electron chi connectivity index (χ1n) is 10.6. The fourth-order valence-electron chi connectivity index (χ4n) is 4.05. The topological polar surface area (TPSA) is 73.6 Å². The summed E-state index contributed by atoms with van der Waals surface area (Å²) < 4.78 is 94.2. The number of nitrogens with zero attached hydrogens (tertiary/aromatic N) is 5. The number of hydrogen-bond acceptors (Lipinski definition) is 5. The van der Waals surface area contributed by atoms with E-state index in [2.05, 4.69) is 25.7 Å². The summed E-state index contributed by atoms with van der Waals surface area (Å²) in [6, 6.07) is 3.24. The van der Waals surface area contributed by atoms with Crippen LogP contribution in [0.3, 0.4) is 0 Å². The van der Waals surface area contributed by atoms with Crippen molar-refractivity contribution in [3.8, 4) is 0 Å². The van der Waals surface area contributed by atoms with Gasteiger partial charge in [0.2, 0.25) is 0 Å². The molecular formula is C21H21F7N7+. The van der Waals surface area contributed by atoms with E-state index in [1.807, 2.05) is 6.92 Å². The third-order valence-electron chi connectivity index (χ3n) is 5.70. The van der Waals surface area contributed by atoms with E-state index in [4.69, 9.17) is 0 Å². The third kappa shape index (κ3) is 5.30. The highest BCUT2D eigenvalue weighted by molar-refractivity contribution is 5.56. The Hall–Kier alpha value is -3.45. The maximum Gasteiger partial charge on any atom is 0.433 e. The van der Waals surface area contributed by atoms with Gasteiger partial charge in [0.25, 0.3) is 0 Å². The number of aromatic amines is 1. The van der Waals surface area contributed by atoms with Crippen molar-refractivity contribution in [1.29, 1.82) is 0 Å². The number of tetrazole rings is 1. The first kappa shape index (κ1) is 24.7. The molecule has 7 nitrogen and oxygen atoms in total. The van der Waals surface area contributed by atoms with E-state index in [0.29, 0.717) is 18.2 Å². The van der Waals surface area contributed by atoms with E-state index < -0.39 is 35.5 Å². The first-order valence-corrected chi connectivity index (χ1v) is 10.6. The lowest BCUT2D eigenvalue weighted by atomic mass is 9.93. The molecule has 35 heavy (non-hydrogen) atoms. The number of halogens is 7. The Labute approximate surface area is 194 Å². The van der Waals surface area contributed by atoms with Crippen LogP contribution in [0.5, 0.6) is 0 Å². The number of aromatic nitrogens is 5. The number of pyridine rings is 1. The lowest BCUT2D eigenvalue weighted by molar-refractivity contribution is -0.783. The summed E-state index contributed by atoms with van der Waals surface area (Å²) in [6.45, 7) is 1.58. The predicted molar refractivity (Wildman–Crippen MR) is 109 cm³/mol. The van der Waals surface area contributed by atoms with E-state index in [1.54, 1.807) is 0 Å². The van der Waals surface area contributed by atoms with Gasteiger partial charge in [-0.25, -0.2) is 9.37 Å². The number of fused-ring (bicyclic) bond motifs is 1. The SMILES string of the molecule is CC[C@@H]1C[C@H](N(Cc2cc(F)cc(C(F)(F)F)c2)c2n[nH][n+](C)n2)c2nc(C(F)(F)F)ccc2N1. The lowest BCUT2D eigenvalue weighted by Gasteiger charge is -2.37. The fourth-order valence-corrected chi connectivity index (χ4v) is 4.05. The number of alkyl halides is 6. The molecule has 4 rings (SSSR count). The Morgan fingerprint density at radius 2 is 1.83 bits per heavy atom. The van der Waals surface area contributed by atoms with Crippen molar-refractivity contribution in [2.24, 2.45) is 7.05 Å². The summed E-state index contributed by atoms with van der Waals surface area (Å²) in [5.74, 6) is -1.08. The molecular weight excluding hydrogens is 483 g/mol. The molecule has 0 aliphatic carbocycles. The Balaban J connectivity index is 1.83.